The molecule has 0 bridgehead atoms. The smallest absolute Gasteiger partial charge is 0.119 e. The molecule has 0 aliphatic heterocycles. The van der Waals surface area contributed by atoms with Crippen molar-refractivity contribution < 1.29 is 10.2 Å². The van der Waals surface area contributed by atoms with E-state index in [-0.39, 0.29) is 11.7 Å². The van der Waals surface area contributed by atoms with Gasteiger partial charge in [0.2, 0.25) is 0 Å². The van der Waals surface area contributed by atoms with Gasteiger partial charge < -0.3 is 10.2 Å². The topological polar surface area (TPSA) is 40.5 Å². The van der Waals surface area contributed by atoms with Crippen LogP contribution in [0.25, 0.3) is 0 Å². The number of aliphatic hydroxyl groups is 1. The van der Waals surface area contributed by atoms with Crippen LogP contribution in [-0.4, -0.2) is 16.3 Å². The van der Waals surface area contributed by atoms with Crippen molar-refractivity contribution in [3.05, 3.63) is 65.2 Å². The maximum absolute atomic E-state index is 10.5. The number of aryl methyl sites for hydroxylation is 1. The summed E-state index contributed by atoms with van der Waals surface area (Å²) in [5.74, 6) is 0.0748. The van der Waals surface area contributed by atoms with Crippen molar-refractivity contribution in [3.63, 3.8) is 0 Å². The normalized spacial score (nSPS) is 13.9. The van der Waals surface area contributed by atoms with Crippen LogP contribution in [0.4, 0.5) is 0 Å². The Morgan fingerprint density at radius 1 is 1.05 bits per heavy atom. The molecule has 106 valence electrons. The largest absolute Gasteiger partial charge is 0.508 e. The predicted molar refractivity (Wildman–Crippen MR) is 82.0 cm³/mol. The van der Waals surface area contributed by atoms with E-state index in [1.807, 2.05) is 49.4 Å². The van der Waals surface area contributed by atoms with Crippen LogP contribution in [0.2, 0.25) is 0 Å². The average Bonchev–Trinajstić information content (AvgIpc) is 2.43. The first-order valence-corrected chi connectivity index (χ1v) is 7.16. The fraction of sp³-hybridized carbons (Fsp3) is 0.333. The summed E-state index contributed by atoms with van der Waals surface area (Å²) in [6, 6.07) is 15.5. The molecule has 0 saturated carbocycles. The Morgan fingerprint density at radius 3 is 2.35 bits per heavy atom. The zero-order valence-electron chi connectivity index (χ0n) is 12.1. The first kappa shape index (κ1) is 14.6. The molecule has 0 saturated heterocycles. The number of aromatic hydroxyl groups is 1. The summed E-state index contributed by atoms with van der Waals surface area (Å²) in [6.07, 6.45) is 1.14. The second-order valence-electron chi connectivity index (χ2n) is 5.31. The van der Waals surface area contributed by atoms with Gasteiger partial charge in [-0.05, 0) is 30.5 Å². The molecular formula is C18H22O2. The highest BCUT2D eigenvalue weighted by atomic mass is 16.3. The second-order valence-corrected chi connectivity index (χ2v) is 5.31. The molecule has 0 aliphatic carbocycles. The number of phenols is 1. The van der Waals surface area contributed by atoms with E-state index in [0.29, 0.717) is 6.42 Å². The summed E-state index contributed by atoms with van der Waals surface area (Å²) in [6.45, 7) is 4.00. The highest BCUT2D eigenvalue weighted by Gasteiger charge is 2.24. The summed E-state index contributed by atoms with van der Waals surface area (Å²) in [7, 11) is 0. The molecule has 2 aromatic carbocycles. The zero-order valence-corrected chi connectivity index (χ0v) is 12.1. The van der Waals surface area contributed by atoms with E-state index in [1.54, 1.807) is 6.07 Å². The highest BCUT2D eigenvalue weighted by Crippen LogP contribution is 2.35. The molecule has 0 spiro atoms. The lowest BCUT2D eigenvalue weighted by Gasteiger charge is -2.24. The third-order valence-corrected chi connectivity index (χ3v) is 3.65. The van der Waals surface area contributed by atoms with Crippen LogP contribution in [-0.2, 0) is 0 Å². The van der Waals surface area contributed by atoms with Gasteiger partial charge in [-0.2, -0.15) is 0 Å². The van der Waals surface area contributed by atoms with E-state index in [9.17, 15) is 10.2 Å². The van der Waals surface area contributed by atoms with Crippen molar-refractivity contribution in [1.82, 2.24) is 0 Å². The van der Waals surface area contributed by atoms with Gasteiger partial charge in [-0.1, -0.05) is 55.8 Å². The Hall–Kier alpha value is -1.80. The minimum absolute atomic E-state index is 0.184. The lowest BCUT2D eigenvalue weighted by atomic mass is 9.84. The molecule has 0 amide bonds. The lowest BCUT2D eigenvalue weighted by Crippen LogP contribution is -2.19. The van der Waals surface area contributed by atoms with E-state index >= 15 is 0 Å². The van der Waals surface area contributed by atoms with Crippen LogP contribution in [0.1, 0.15) is 42.4 Å². The Morgan fingerprint density at radius 2 is 1.75 bits per heavy atom. The van der Waals surface area contributed by atoms with Gasteiger partial charge in [0, 0.05) is 11.5 Å². The minimum Gasteiger partial charge on any atom is -0.508 e. The molecule has 2 N–H and O–H groups in total. The minimum atomic E-state index is -0.490. The van der Waals surface area contributed by atoms with Crippen LogP contribution in [0.15, 0.2) is 48.5 Å². The molecule has 0 aliphatic rings. The molecule has 0 heterocycles. The van der Waals surface area contributed by atoms with Crippen molar-refractivity contribution in [2.75, 3.05) is 0 Å². The van der Waals surface area contributed by atoms with E-state index < -0.39 is 6.10 Å². The highest BCUT2D eigenvalue weighted by molar-refractivity contribution is 5.44. The van der Waals surface area contributed by atoms with Crippen LogP contribution in [0.5, 0.6) is 5.75 Å². The van der Waals surface area contributed by atoms with E-state index in [4.69, 9.17) is 0 Å². The van der Waals surface area contributed by atoms with E-state index in [0.717, 1.165) is 23.1 Å². The second kappa shape index (κ2) is 6.58. The summed E-state index contributed by atoms with van der Waals surface area (Å²) in [5.41, 5.74) is 2.85. The summed E-state index contributed by atoms with van der Waals surface area (Å²) >= 11 is 0. The van der Waals surface area contributed by atoms with Crippen molar-refractivity contribution in [2.45, 2.75) is 38.7 Å². The average molecular weight is 270 g/mol. The van der Waals surface area contributed by atoms with Gasteiger partial charge >= 0.3 is 0 Å². The molecule has 2 aromatic rings. The molecule has 0 fully saturated rings. The first-order chi connectivity index (χ1) is 9.63. The maximum atomic E-state index is 10.5. The Balaban J connectivity index is 2.46. The monoisotopic (exact) mass is 270 g/mol. The van der Waals surface area contributed by atoms with Crippen molar-refractivity contribution in [3.8, 4) is 5.75 Å². The predicted octanol–water partition coefficient (Wildman–Crippen LogP) is 3.99. The molecule has 0 aromatic heterocycles. The summed E-state index contributed by atoms with van der Waals surface area (Å²) < 4.78 is 0. The third-order valence-electron chi connectivity index (χ3n) is 3.65. The molecule has 2 atom stereocenters. The number of benzene rings is 2. The van der Waals surface area contributed by atoms with E-state index in [2.05, 4.69) is 6.92 Å². The number of aliphatic hydroxyl groups excluding tert-OH is 1. The van der Waals surface area contributed by atoms with Gasteiger partial charge in [0.1, 0.15) is 5.75 Å². The van der Waals surface area contributed by atoms with Crippen LogP contribution < -0.4 is 0 Å². The van der Waals surface area contributed by atoms with Crippen LogP contribution in [0, 0.1) is 6.92 Å². The molecular weight excluding hydrogens is 248 g/mol. The van der Waals surface area contributed by atoms with Crippen molar-refractivity contribution >= 4 is 0 Å². The van der Waals surface area contributed by atoms with Crippen molar-refractivity contribution in [2.24, 2.45) is 0 Å². The molecule has 20 heavy (non-hydrogen) atoms. The SMILES string of the molecule is CCCC(O)C(c1ccccc1)c1ccc(C)cc1O. The molecule has 2 nitrogen and oxygen atoms in total. The molecule has 2 unspecified atom stereocenters. The molecule has 0 radical (unpaired) electrons. The Labute approximate surface area is 120 Å². The standard InChI is InChI=1S/C18H22O2/c1-3-7-16(19)18(14-8-5-4-6-9-14)15-11-10-13(2)12-17(15)20/h4-6,8-12,16,18-20H,3,7H2,1-2H3. The Kier molecular flexibility index (Phi) is 4.80. The van der Waals surface area contributed by atoms with Crippen molar-refractivity contribution in [1.29, 1.82) is 0 Å². The summed E-state index contributed by atoms with van der Waals surface area (Å²) in [4.78, 5) is 0. The van der Waals surface area contributed by atoms with Gasteiger partial charge in [0.15, 0.2) is 0 Å². The summed E-state index contributed by atoms with van der Waals surface area (Å²) in [5, 5.41) is 20.7. The lowest BCUT2D eigenvalue weighted by molar-refractivity contribution is 0.144. The fourth-order valence-corrected chi connectivity index (χ4v) is 2.65. The number of hydrogen-bond acceptors (Lipinski definition) is 2. The van der Waals surface area contributed by atoms with Gasteiger partial charge in [-0.25, -0.2) is 0 Å². The fourth-order valence-electron chi connectivity index (χ4n) is 2.65. The third kappa shape index (κ3) is 3.20. The van der Waals surface area contributed by atoms with Gasteiger partial charge in [0.05, 0.1) is 6.10 Å². The zero-order chi connectivity index (χ0) is 14.5. The van der Waals surface area contributed by atoms with Gasteiger partial charge in [-0.3, -0.25) is 0 Å². The quantitative estimate of drug-likeness (QED) is 0.862. The number of hydrogen-bond donors (Lipinski definition) is 2. The van der Waals surface area contributed by atoms with Crippen LogP contribution in [0.3, 0.4) is 0 Å². The van der Waals surface area contributed by atoms with Gasteiger partial charge in [0.25, 0.3) is 0 Å². The number of phenolic OH excluding ortho intramolecular Hbond substituents is 1. The van der Waals surface area contributed by atoms with E-state index in [1.165, 1.54) is 0 Å². The van der Waals surface area contributed by atoms with Gasteiger partial charge in [-0.15, -0.1) is 0 Å². The molecule has 2 heteroatoms. The first-order valence-electron chi connectivity index (χ1n) is 7.16. The Bertz CT molecular complexity index is 549. The number of rotatable bonds is 5. The van der Waals surface area contributed by atoms with Crippen LogP contribution >= 0.6 is 0 Å². The molecule has 2 rings (SSSR count). The maximum Gasteiger partial charge on any atom is 0.119 e.